The molecule has 0 radical (unpaired) electrons. The van der Waals surface area contributed by atoms with E-state index in [1.165, 1.54) is 18.4 Å². The highest BCUT2D eigenvalue weighted by Crippen LogP contribution is 2.40. The summed E-state index contributed by atoms with van der Waals surface area (Å²) in [6.45, 7) is 8.68. The van der Waals surface area contributed by atoms with Crippen LogP contribution in [0.4, 0.5) is 10.7 Å². The normalized spacial score (nSPS) is 17.4. The number of nitrogens with one attached hydrogen (secondary N) is 4. The van der Waals surface area contributed by atoms with Crippen molar-refractivity contribution in [2.45, 2.75) is 71.1 Å². The number of aldehydes is 1. The fourth-order valence-corrected chi connectivity index (χ4v) is 9.01. The van der Waals surface area contributed by atoms with Gasteiger partial charge in [-0.25, -0.2) is 0 Å². The predicted octanol–water partition coefficient (Wildman–Crippen LogP) is 5.59. The molecule has 4 N–H and O–H groups in total. The van der Waals surface area contributed by atoms with Crippen LogP contribution < -0.4 is 15.5 Å². The second kappa shape index (κ2) is 17.5. The first-order chi connectivity index (χ1) is 28.4. The minimum Gasteiger partial charge on any atom is -0.382 e. The van der Waals surface area contributed by atoms with Gasteiger partial charge in [0.2, 0.25) is 5.91 Å². The molecular weight excluding hydrogens is 788 g/mol. The van der Waals surface area contributed by atoms with Gasteiger partial charge in [-0.05, 0) is 69.9 Å². The van der Waals surface area contributed by atoms with Crippen molar-refractivity contribution in [2.75, 3.05) is 36.9 Å². The molecule has 3 aliphatic rings. The summed E-state index contributed by atoms with van der Waals surface area (Å²) < 4.78 is 1.89. The van der Waals surface area contributed by atoms with E-state index in [9.17, 15) is 19.2 Å². The largest absolute Gasteiger partial charge is 0.382 e. The van der Waals surface area contributed by atoms with Gasteiger partial charge in [0.05, 0.1) is 46.1 Å². The maximum absolute atomic E-state index is 13.5. The average Bonchev–Trinajstić information content (AvgIpc) is 3.87. The lowest BCUT2D eigenvalue weighted by atomic mass is 9.99. The Labute approximate surface area is 351 Å². The molecule has 0 aliphatic carbocycles. The van der Waals surface area contributed by atoms with Gasteiger partial charge in [-0.2, -0.15) is 5.10 Å². The summed E-state index contributed by atoms with van der Waals surface area (Å²) >= 11 is 7.66. The summed E-state index contributed by atoms with van der Waals surface area (Å²) in [6, 6.07) is 11.2. The maximum atomic E-state index is 13.5. The number of hydrogen-bond donors (Lipinski definition) is 4. The number of hydrogen-bond acceptors (Lipinski definition) is 11. The summed E-state index contributed by atoms with van der Waals surface area (Å²) in [4.78, 5) is 61.3. The first-order valence-corrected chi connectivity index (χ1v) is 20.7. The molecule has 2 aromatic carbocycles. The number of piperidine rings is 1. The van der Waals surface area contributed by atoms with Gasteiger partial charge in [-0.15, -0.1) is 11.3 Å². The number of amides is 3. The van der Waals surface area contributed by atoms with E-state index in [4.69, 9.17) is 27.4 Å². The van der Waals surface area contributed by atoms with Crippen molar-refractivity contribution in [1.82, 2.24) is 24.9 Å². The van der Waals surface area contributed by atoms with Crippen LogP contribution in [0.5, 0.6) is 0 Å². The van der Waals surface area contributed by atoms with Crippen LogP contribution in [0.3, 0.4) is 0 Å². The van der Waals surface area contributed by atoms with Crippen molar-refractivity contribution >= 4 is 75.0 Å². The summed E-state index contributed by atoms with van der Waals surface area (Å²) in [7, 11) is 1.50. The molecule has 5 heterocycles. The lowest BCUT2D eigenvalue weighted by Crippen LogP contribution is -2.42. The maximum Gasteiger partial charge on any atom is 0.264 e. The van der Waals surface area contributed by atoms with Gasteiger partial charge in [0.1, 0.15) is 29.0 Å². The fraction of sp³-hybridized carbons (Fsp3) is 0.349. The van der Waals surface area contributed by atoms with Crippen LogP contribution in [0.1, 0.15) is 87.4 Å². The van der Waals surface area contributed by atoms with Crippen LogP contribution in [0.2, 0.25) is 5.02 Å². The first kappa shape index (κ1) is 41.2. The zero-order valence-corrected chi connectivity index (χ0v) is 34.8. The molecular formula is C43H45ClN10O4S. The number of anilines is 2. The van der Waals surface area contributed by atoms with Crippen molar-refractivity contribution in [3.8, 4) is 11.8 Å². The van der Waals surface area contributed by atoms with E-state index in [1.807, 2.05) is 49.0 Å². The summed E-state index contributed by atoms with van der Waals surface area (Å²) in [6.07, 6.45) is 5.99. The number of likely N-dealkylation sites (tertiary alicyclic amines) is 1. The molecule has 3 amide bonds. The zero-order valence-electron chi connectivity index (χ0n) is 33.3. The zero-order chi connectivity index (χ0) is 42.0. The van der Waals surface area contributed by atoms with Gasteiger partial charge in [-0.1, -0.05) is 41.6 Å². The van der Waals surface area contributed by atoms with Gasteiger partial charge in [0.25, 0.3) is 11.8 Å². The number of halogens is 1. The Morgan fingerprint density at radius 1 is 1.08 bits per heavy atom. The summed E-state index contributed by atoms with van der Waals surface area (Å²) in [5.41, 5.74) is 5.29. The summed E-state index contributed by atoms with van der Waals surface area (Å²) in [5, 5.41) is 29.4. The Morgan fingerprint density at radius 2 is 1.83 bits per heavy atom. The van der Waals surface area contributed by atoms with Gasteiger partial charge >= 0.3 is 0 Å². The molecule has 0 bridgehead atoms. The monoisotopic (exact) mass is 832 g/mol. The molecule has 3 aliphatic heterocycles. The second-order valence-corrected chi connectivity index (χ2v) is 16.3. The van der Waals surface area contributed by atoms with E-state index in [1.54, 1.807) is 36.2 Å². The van der Waals surface area contributed by atoms with E-state index in [0.717, 1.165) is 75.2 Å². The van der Waals surface area contributed by atoms with Crippen LogP contribution in [0.25, 0.3) is 0 Å². The SMILES string of the molecule is CNC(=O)CCC(C=O)N1C(=O)c2cccc(NC3CCN(CCn4cc(C#Cc5sc6c(c5C)C(c5ccc(Cl)cc5)=N[C@@H](C)C(=N)N6C(C)=N)cn4)CC3)c2C1=O. The Hall–Kier alpha value is -5.95. The molecule has 0 saturated carbocycles. The molecule has 1 saturated heterocycles. The number of imide groups is 1. The van der Waals surface area contributed by atoms with Crippen LogP contribution in [-0.4, -0.2) is 106 Å². The van der Waals surface area contributed by atoms with E-state index in [0.29, 0.717) is 23.5 Å². The number of carbonyl (C=O) groups is 4. The number of carbonyl (C=O) groups excluding carboxylic acids is 4. The predicted molar refractivity (Wildman–Crippen MR) is 231 cm³/mol. The Kier molecular flexibility index (Phi) is 12.2. The number of rotatable bonds is 11. The number of amidine groups is 2. The van der Waals surface area contributed by atoms with Crippen molar-refractivity contribution in [3.63, 3.8) is 0 Å². The third-order valence-electron chi connectivity index (χ3n) is 10.9. The van der Waals surface area contributed by atoms with Gasteiger partial charge in [0.15, 0.2) is 0 Å². The number of thiophene rings is 1. The number of fused-ring (bicyclic) bond motifs is 2. The fourth-order valence-electron chi connectivity index (χ4n) is 7.66. The highest BCUT2D eigenvalue weighted by molar-refractivity contribution is 7.17. The number of nitrogens with zero attached hydrogens (tertiary/aromatic N) is 6. The lowest BCUT2D eigenvalue weighted by Gasteiger charge is -2.33. The molecule has 0 spiro atoms. The van der Waals surface area contributed by atoms with Crippen molar-refractivity contribution < 1.29 is 19.2 Å². The molecule has 7 rings (SSSR count). The average molecular weight is 833 g/mol. The highest BCUT2D eigenvalue weighted by atomic mass is 35.5. The smallest absolute Gasteiger partial charge is 0.264 e. The molecule has 304 valence electrons. The van der Waals surface area contributed by atoms with Crippen LogP contribution >= 0.6 is 22.9 Å². The van der Waals surface area contributed by atoms with Gasteiger partial charge in [-0.3, -0.25) is 44.7 Å². The summed E-state index contributed by atoms with van der Waals surface area (Å²) in [5.74, 6) is 5.76. The third kappa shape index (κ3) is 8.47. The third-order valence-corrected chi connectivity index (χ3v) is 12.4. The van der Waals surface area contributed by atoms with Crippen molar-refractivity contribution in [2.24, 2.45) is 4.99 Å². The van der Waals surface area contributed by atoms with Gasteiger partial charge in [0, 0.05) is 67.2 Å². The standard InChI is InChI=1S/C43H45ClN10O4S/c1-25-35(59-43-37(25)39(29-9-11-30(44)12-10-29)49-26(2)40(46)53(43)27(3)45)14-8-28-22-48-52(23-28)21-20-51-18-16-31(17-19-51)50-34-7-5-6-33-38(34)42(58)54(41(33)57)32(24-55)13-15-36(56)47-4/h5-7,9-12,22-24,26,31-32,45-46,50H,13,15-21H2,1-4H3,(H,47,56)/t26-,32?/m0/s1. The molecule has 14 nitrogen and oxygen atoms in total. The van der Waals surface area contributed by atoms with Crippen molar-refractivity contribution in [3.05, 3.63) is 98.1 Å². The van der Waals surface area contributed by atoms with E-state index >= 15 is 0 Å². The quantitative estimate of drug-likeness (QED) is 0.0497. The lowest BCUT2D eigenvalue weighted by molar-refractivity contribution is -0.121. The first-order valence-electron chi connectivity index (χ1n) is 19.5. The van der Waals surface area contributed by atoms with E-state index in [-0.39, 0.29) is 47.6 Å². The molecule has 2 aromatic heterocycles. The minimum absolute atomic E-state index is 0.0211. The minimum atomic E-state index is -1.02. The van der Waals surface area contributed by atoms with E-state index in [2.05, 4.69) is 32.5 Å². The van der Waals surface area contributed by atoms with Crippen LogP contribution in [0, 0.1) is 29.6 Å². The van der Waals surface area contributed by atoms with E-state index < -0.39 is 23.9 Å². The Bertz CT molecular complexity index is 2440. The highest BCUT2D eigenvalue weighted by Gasteiger charge is 2.42. The Balaban J connectivity index is 0.974. The van der Waals surface area contributed by atoms with Crippen LogP contribution in [0.15, 0.2) is 59.9 Å². The van der Waals surface area contributed by atoms with Crippen LogP contribution in [-0.2, 0) is 16.1 Å². The van der Waals surface area contributed by atoms with Crippen molar-refractivity contribution in [1.29, 1.82) is 10.8 Å². The molecule has 1 unspecified atom stereocenters. The topological polar surface area (TPSA) is 180 Å². The molecule has 16 heteroatoms. The number of benzene rings is 2. The molecule has 2 atom stereocenters. The number of aromatic nitrogens is 2. The molecule has 4 aromatic rings. The number of aliphatic imine (C=N–C) groups is 1. The van der Waals surface area contributed by atoms with Gasteiger partial charge < -0.3 is 20.3 Å². The molecule has 1 fully saturated rings. The second-order valence-electron chi connectivity index (χ2n) is 14.8. The molecule has 59 heavy (non-hydrogen) atoms. The Morgan fingerprint density at radius 3 is 2.53 bits per heavy atom.